The zero-order valence-electron chi connectivity index (χ0n) is 15.6. The minimum atomic E-state index is -0.181. The average molecular weight is 502 g/mol. The highest BCUT2D eigenvalue weighted by atomic mass is 79.9. The van der Waals surface area contributed by atoms with E-state index in [1.54, 1.807) is 24.3 Å². The van der Waals surface area contributed by atoms with Crippen LogP contribution in [0.3, 0.4) is 0 Å². The summed E-state index contributed by atoms with van der Waals surface area (Å²) in [5.41, 5.74) is 1.40. The molecule has 4 aromatic rings. The predicted molar refractivity (Wildman–Crippen MR) is 124 cm³/mol. The summed E-state index contributed by atoms with van der Waals surface area (Å²) in [7, 11) is 0. The molecule has 2 heterocycles. The van der Waals surface area contributed by atoms with Crippen molar-refractivity contribution in [2.24, 2.45) is 0 Å². The van der Waals surface area contributed by atoms with E-state index in [-0.39, 0.29) is 17.4 Å². The number of thioether (sulfide) groups is 1. The zero-order valence-corrected chi connectivity index (χ0v) is 18.8. The first-order chi connectivity index (χ1) is 14.5. The van der Waals surface area contributed by atoms with E-state index in [0.29, 0.717) is 28.2 Å². The van der Waals surface area contributed by atoms with Gasteiger partial charge in [0.15, 0.2) is 16.1 Å². The highest BCUT2D eigenvalue weighted by Crippen LogP contribution is 2.33. The van der Waals surface area contributed by atoms with Crippen LogP contribution in [0.25, 0.3) is 21.6 Å². The Morgan fingerprint density at radius 3 is 2.93 bits per heavy atom. The first-order valence-electron chi connectivity index (χ1n) is 8.86. The van der Waals surface area contributed by atoms with Gasteiger partial charge in [0.25, 0.3) is 0 Å². The summed E-state index contributed by atoms with van der Waals surface area (Å²) < 4.78 is 3.64. The number of rotatable bonds is 7. The normalized spacial score (nSPS) is 11.0. The Labute approximate surface area is 189 Å². The summed E-state index contributed by atoms with van der Waals surface area (Å²) in [5.74, 6) is 0.568. The molecule has 0 aliphatic rings. The van der Waals surface area contributed by atoms with Gasteiger partial charge in [-0.2, -0.15) is 0 Å². The van der Waals surface area contributed by atoms with Crippen molar-refractivity contribution in [2.75, 3.05) is 11.1 Å². The number of fused-ring (bicyclic) bond motifs is 1. The number of hydrogen-bond acceptors (Lipinski definition) is 7. The second-order valence-corrected chi connectivity index (χ2v) is 9.08. The number of aromatic hydroxyl groups is 1. The van der Waals surface area contributed by atoms with Gasteiger partial charge in [-0.1, -0.05) is 57.2 Å². The summed E-state index contributed by atoms with van der Waals surface area (Å²) in [4.78, 5) is 16.8. The molecule has 2 N–H and O–H groups in total. The third-order valence-corrected chi connectivity index (χ3v) is 6.51. The van der Waals surface area contributed by atoms with Crippen LogP contribution in [0, 0.1) is 0 Å². The fourth-order valence-electron chi connectivity index (χ4n) is 2.79. The van der Waals surface area contributed by atoms with Crippen LogP contribution in [0.5, 0.6) is 5.75 Å². The standard InChI is InChI=1S/C20H16BrN5O2S2/c1-2-9-26-18(13-10-12(21)7-8-15(13)27)24-25-20(26)29-11-17(28)23-19-22-14-5-3-4-6-16(14)30-19/h2-8,10,27H,1,9,11H2,(H,22,23,28). The van der Waals surface area contributed by atoms with E-state index < -0.39 is 0 Å². The van der Waals surface area contributed by atoms with Crippen molar-refractivity contribution in [3.8, 4) is 17.1 Å². The third kappa shape index (κ3) is 4.40. The molecular weight excluding hydrogens is 486 g/mol. The smallest absolute Gasteiger partial charge is 0.236 e. The first kappa shape index (κ1) is 20.6. The number of carbonyl (C=O) groups excluding carboxylic acids is 1. The molecule has 4 rings (SSSR count). The molecule has 2 aromatic heterocycles. The van der Waals surface area contributed by atoms with E-state index in [0.717, 1.165) is 14.7 Å². The van der Waals surface area contributed by atoms with Gasteiger partial charge in [0.05, 0.1) is 21.5 Å². The molecule has 0 spiro atoms. The van der Waals surface area contributed by atoms with Gasteiger partial charge in [-0.3, -0.25) is 9.36 Å². The lowest BCUT2D eigenvalue weighted by molar-refractivity contribution is -0.113. The molecule has 0 saturated heterocycles. The summed E-state index contributed by atoms with van der Waals surface area (Å²) in [6, 6.07) is 12.8. The lowest BCUT2D eigenvalue weighted by Crippen LogP contribution is -2.14. The molecule has 2 aromatic carbocycles. The van der Waals surface area contributed by atoms with Crippen LogP contribution < -0.4 is 5.32 Å². The van der Waals surface area contributed by atoms with E-state index in [1.165, 1.54) is 23.1 Å². The second-order valence-electron chi connectivity index (χ2n) is 6.19. The van der Waals surface area contributed by atoms with E-state index >= 15 is 0 Å². The van der Waals surface area contributed by atoms with Gasteiger partial charge in [-0.05, 0) is 30.3 Å². The molecule has 10 heteroatoms. The number of allylic oxidation sites excluding steroid dienone is 1. The average Bonchev–Trinajstić information content (AvgIpc) is 3.32. The number of nitrogens with one attached hydrogen (secondary N) is 1. The van der Waals surface area contributed by atoms with Gasteiger partial charge < -0.3 is 10.4 Å². The number of thiazole rings is 1. The number of benzene rings is 2. The van der Waals surface area contributed by atoms with Gasteiger partial charge in [0.1, 0.15) is 5.75 Å². The Balaban J connectivity index is 1.50. The summed E-state index contributed by atoms with van der Waals surface area (Å²) in [5, 5.41) is 22.6. The monoisotopic (exact) mass is 501 g/mol. The zero-order chi connectivity index (χ0) is 21.1. The molecule has 0 aliphatic heterocycles. The number of carbonyl (C=O) groups is 1. The molecule has 0 radical (unpaired) electrons. The highest BCUT2D eigenvalue weighted by molar-refractivity contribution is 9.10. The van der Waals surface area contributed by atoms with Gasteiger partial charge in [0.2, 0.25) is 5.91 Å². The molecule has 7 nitrogen and oxygen atoms in total. The first-order valence-corrected chi connectivity index (χ1v) is 11.5. The molecule has 0 saturated carbocycles. The Kier molecular flexibility index (Phi) is 6.16. The molecule has 1 amide bonds. The molecule has 0 bridgehead atoms. The Morgan fingerprint density at radius 1 is 1.30 bits per heavy atom. The van der Waals surface area contributed by atoms with E-state index in [9.17, 15) is 9.90 Å². The van der Waals surface area contributed by atoms with Crippen molar-refractivity contribution in [2.45, 2.75) is 11.7 Å². The fraction of sp³-hybridized carbons (Fsp3) is 0.100. The highest BCUT2D eigenvalue weighted by Gasteiger charge is 2.18. The number of halogens is 1. The van der Waals surface area contributed by atoms with Crippen LogP contribution >= 0.6 is 39.0 Å². The van der Waals surface area contributed by atoms with Crippen molar-refractivity contribution in [3.05, 3.63) is 59.6 Å². The number of para-hydroxylation sites is 1. The molecule has 152 valence electrons. The lowest BCUT2D eigenvalue weighted by Gasteiger charge is -2.09. The van der Waals surface area contributed by atoms with E-state index in [1.807, 2.05) is 28.8 Å². The topological polar surface area (TPSA) is 92.9 Å². The lowest BCUT2D eigenvalue weighted by atomic mass is 10.2. The van der Waals surface area contributed by atoms with E-state index in [4.69, 9.17) is 0 Å². The maximum absolute atomic E-state index is 12.4. The fourth-order valence-corrected chi connectivity index (χ4v) is 4.78. The number of hydrogen-bond donors (Lipinski definition) is 2. The SMILES string of the molecule is C=CCn1c(SCC(=O)Nc2nc3ccccc3s2)nnc1-c1cc(Br)ccc1O. The van der Waals surface area contributed by atoms with Crippen LogP contribution in [0.1, 0.15) is 0 Å². The van der Waals surface area contributed by atoms with Crippen molar-refractivity contribution >= 4 is 60.3 Å². The van der Waals surface area contributed by atoms with Crippen LogP contribution in [-0.2, 0) is 11.3 Å². The Morgan fingerprint density at radius 2 is 2.13 bits per heavy atom. The maximum atomic E-state index is 12.4. The van der Waals surface area contributed by atoms with Crippen LogP contribution in [-0.4, -0.2) is 36.5 Å². The minimum absolute atomic E-state index is 0.0982. The van der Waals surface area contributed by atoms with E-state index in [2.05, 4.69) is 43.0 Å². The number of amides is 1. The van der Waals surface area contributed by atoms with Gasteiger partial charge in [-0.15, -0.1) is 16.8 Å². The van der Waals surface area contributed by atoms with Gasteiger partial charge in [0, 0.05) is 11.0 Å². The van der Waals surface area contributed by atoms with Crippen LogP contribution in [0.2, 0.25) is 0 Å². The number of anilines is 1. The summed E-state index contributed by atoms with van der Waals surface area (Å²) in [6.07, 6.45) is 1.72. The van der Waals surface area contributed by atoms with Crippen molar-refractivity contribution in [1.29, 1.82) is 0 Å². The second kappa shape index (κ2) is 8.99. The van der Waals surface area contributed by atoms with Crippen LogP contribution in [0.4, 0.5) is 5.13 Å². The molecule has 30 heavy (non-hydrogen) atoms. The molecular formula is C20H16BrN5O2S2. The molecule has 0 unspecified atom stereocenters. The summed E-state index contributed by atoms with van der Waals surface area (Å²) in [6.45, 7) is 4.22. The number of phenols is 1. The maximum Gasteiger partial charge on any atom is 0.236 e. The van der Waals surface area contributed by atoms with Crippen LogP contribution in [0.15, 0.2) is 64.7 Å². The largest absolute Gasteiger partial charge is 0.507 e. The van der Waals surface area contributed by atoms with Gasteiger partial charge >= 0.3 is 0 Å². The van der Waals surface area contributed by atoms with Crippen molar-refractivity contribution < 1.29 is 9.90 Å². The minimum Gasteiger partial charge on any atom is -0.507 e. The van der Waals surface area contributed by atoms with Gasteiger partial charge in [-0.25, -0.2) is 4.98 Å². The molecule has 0 atom stereocenters. The summed E-state index contributed by atoms with van der Waals surface area (Å²) >= 11 is 6.10. The Hall–Kier alpha value is -2.69. The third-order valence-electron chi connectivity index (χ3n) is 4.10. The molecule has 0 aliphatic carbocycles. The Bertz CT molecular complexity index is 1200. The number of nitrogens with zero attached hydrogens (tertiary/aromatic N) is 4. The molecule has 0 fully saturated rings. The van der Waals surface area contributed by atoms with Crippen molar-refractivity contribution in [1.82, 2.24) is 19.7 Å². The van der Waals surface area contributed by atoms with Crippen molar-refractivity contribution in [3.63, 3.8) is 0 Å². The number of aromatic nitrogens is 4. The quantitative estimate of drug-likeness (QED) is 0.275. The predicted octanol–water partition coefficient (Wildman–Crippen LogP) is 4.94. The number of phenolic OH excluding ortho intramolecular Hbond substituents is 1.